The highest BCUT2D eigenvalue weighted by Crippen LogP contribution is 2.55. The van der Waals surface area contributed by atoms with Gasteiger partial charge in [0.25, 0.3) is 11.8 Å². The number of thioether (sulfide) groups is 1. The highest BCUT2D eigenvalue weighted by molar-refractivity contribution is 8.00. The Hall–Kier alpha value is -5.06. The van der Waals surface area contributed by atoms with E-state index in [1.165, 1.54) is 28.0 Å². The van der Waals surface area contributed by atoms with Crippen molar-refractivity contribution in [2.75, 3.05) is 9.80 Å². The SMILES string of the molecule is Cc1ccc(CN2C(=O)C3(c4ccccc42)c2c(oc4ccccc4c2=O)C(=O)N3c2nnc(SCc3ccccc3)s2)cc1. The predicted molar refractivity (Wildman–Crippen MR) is 175 cm³/mol. The van der Waals surface area contributed by atoms with Gasteiger partial charge in [-0.3, -0.25) is 19.3 Å². The third kappa shape index (κ3) is 4.17. The topological polar surface area (TPSA) is 96.6 Å². The molecular formula is C35H24N4O4S2. The number of fused-ring (bicyclic) bond motifs is 5. The average molecular weight is 629 g/mol. The lowest BCUT2D eigenvalue weighted by atomic mass is 9.84. The van der Waals surface area contributed by atoms with Gasteiger partial charge in [-0.2, -0.15) is 0 Å². The molecule has 4 heterocycles. The van der Waals surface area contributed by atoms with E-state index in [0.29, 0.717) is 26.7 Å². The monoisotopic (exact) mass is 628 g/mol. The molecule has 0 bridgehead atoms. The van der Waals surface area contributed by atoms with Gasteiger partial charge in [0.1, 0.15) is 5.58 Å². The van der Waals surface area contributed by atoms with Gasteiger partial charge in [0, 0.05) is 11.3 Å². The maximum absolute atomic E-state index is 15.1. The molecule has 2 aliphatic rings. The molecule has 2 amide bonds. The number of carbonyl (C=O) groups is 2. The number of benzene rings is 4. The molecule has 0 saturated heterocycles. The van der Waals surface area contributed by atoms with Crippen molar-refractivity contribution in [1.29, 1.82) is 0 Å². The summed E-state index contributed by atoms with van der Waals surface area (Å²) in [5.41, 5.74) is 2.31. The smallest absolute Gasteiger partial charge is 0.297 e. The van der Waals surface area contributed by atoms with Crippen LogP contribution < -0.4 is 15.2 Å². The maximum Gasteiger partial charge on any atom is 0.297 e. The van der Waals surface area contributed by atoms with E-state index in [1.54, 1.807) is 35.2 Å². The highest BCUT2D eigenvalue weighted by Gasteiger charge is 2.66. The summed E-state index contributed by atoms with van der Waals surface area (Å²) in [5, 5.41) is 9.32. The molecule has 45 heavy (non-hydrogen) atoms. The van der Waals surface area contributed by atoms with Crippen LogP contribution in [0.4, 0.5) is 10.8 Å². The van der Waals surface area contributed by atoms with Gasteiger partial charge in [-0.15, -0.1) is 10.2 Å². The van der Waals surface area contributed by atoms with E-state index in [1.807, 2.05) is 79.7 Å². The second-order valence-electron chi connectivity index (χ2n) is 11.0. The molecule has 0 saturated carbocycles. The molecule has 8 rings (SSSR count). The van der Waals surface area contributed by atoms with Crippen LogP contribution in [0.1, 0.15) is 38.4 Å². The number of carbonyl (C=O) groups excluding carboxylic acids is 2. The van der Waals surface area contributed by atoms with Gasteiger partial charge in [-0.05, 0) is 36.2 Å². The van der Waals surface area contributed by atoms with E-state index >= 15 is 4.79 Å². The van der Waals surface area contributed by atoms with Gasteiger partial charge < -0.3 is 9.32 Å². The zero-order valence-electron chi connectivity index (χ0n) is 24.0. The Balaban J connectivity index is 1.32. The Bertz CT molecular complexity index is 2200. The number of aryl methyl sites for hydroxylation is 1. The summed E-state index contributed by atoms with van der Waals surface area (Å²) in [4.78, 5) is 46.9. The van der Waals surface area contributed by atoms with Crippen LogP contribution in [0.25, 0.3) is 11.0 Å². The Labute approximate surface area is 265 Å². The minimum absolute atomic E-state index is 0.00347. The Kier molecular flexibility index (Phi) is 6.44. The maximum atomic E-state index is 15.1. The van der Waals surface area contributed by atoms with Crippen LogP contribution in [0.3, 0.4) is 0 Å². The van der Waals surface area contributed by atoms with Crippen molar-refractivity contribution in [3.8, 4) is 0 Å². The molecule has 4 aromatic carbocycles. The third-order valence-corrected chi connectivity index (χ3v) is 10.4. The Morgan fingerprint density at radius 2 is 1.56 bits per heavy atom. The number of para-hydroxylation sites is 2. The molecule has 0 radical (unpaired) electrons. The first-order valence-corrected chi connectivity index (χ1v) is 16.1. The molecule has 2 aromatic heterocycles. The summed E-state index contributed by atoms with van der Waals surface area (Å²) in [6.45, 7) is 2.26. The first kappa shape index (κ1) is 27.5. The number of anilines is 2. The molecule has 0 N–H and O–H groups in total. The Morgan fingerprint density at radius 1 is 0.822 bits per heavy atom. The fourth-order valence-electron chi connectivity index (χ4n) is 6.21. The van der Waals surface area contributed by atoms with E-state index < -0.39 is 22.8 Å². The summed E-state index contributed by atoms with van der Waals surface area (Å²) in [6.07, 6.45) is 0. The van der Waals surface area contributed by atoms with E-state index in [-0.39, 0.29) is 28.6 Å². The van der Waals surface area contributed by atoms with Crippen LogP contribution in [0.2, 0.25) is 0 Å². The molecule has 2 aliphatic heterocycles. The van der Waals surface area contributed by atoms with E-state index in [4.69, 9.17) is 4.42 Å². The summed E-state index contributed by atoms with van der Waals surface area (Å²) in [6, 6.07) is 32.0. The molecular weight excluding hydrogens is 605 g/mol. The van der Waals surface area contributed by atoms with Crippen LogP contribution >= 0.6 is 23.1 Å². The quantitative estimate of drug-likeness (QED) is 0.150. The fourth-order valence-corrected chi connectivity index (χ4v) is 8.06. The lowest BCUT2D eigenvalue weighted by Crippen LogP contribution is -2.53. The van der Waals surface area contributed by atoms with Crippen molar-refractivity contribution in [3.05, 3.63) is 147 Å². The van der Waals surface area contributed by atoms with Gasteiger partial charge >= 0.3 is 0 Å². The van der Waals surface area contributed by atoms with Gasteiger partial charge in [0.2, 0.25) is 10.9 Å². The molecule has 1 unspecified atom stereocenters. The van der Waals surface area contributed by atoms with Gasteiger partial charge in [-0.1, -0.05) is 114 Å². The number of aromatic nitrogens is 2. The average Bonchev–Trinajstić information content (AvgIpc) is 3.71. The van der Waals surface area contributed by atoms with Crippen molar-refractivity contribution >= 4 is 56.7 Å². The zero-order chi connectivity index (χ0) is 30.7. The second kappa shape index (κ2) is 10.5. The van der Waals surface area contributed by atoms with Gasteiger partial charge in [-0.25, -0.2) is 0 Å². The van der Waals surface area contributed by atoms with Gasteiger partial charge in [0.05, 0.1) is 23.2 Å². The molecule has 1 spiro atoms. The highest BCUT2D eigenvalue weighted by atomic mass is 32.2. The molecule has 0 aliphatic carbocycles. The number of amides is 2. The van der Waals surface area contributed by atoms with Crippen molar-refractivity contribution in [2.45, 2.75) is 29.1 Å². The number of hydrogen-bond acceptors (Lipinski definition) is 8. The normalized spacial score (nSPS) is 17.0. The van der Waals surface area contributed by atoms with Crippen LogP contribution in [-0.2, 0) is 22.6 Å². The molecule has 220 valence electrons. The number of hydrogen-bond donors (Lipinski definition) is 0. The molecule has 6 aromatic rings. The first-order valence-electron chi connectivity index (χ1n) is 14.3. The lowest BCUT2D eigenvalue weighted by Gasteiger charge is -2.32. The first-order chi connectivity index (χ1) is 22.0. The van der Waals surface area contributed by atoms with Crippen LogP contribution in [0.5, 0.6) is 0 Å². The molecule has 10 heteroatoms. The largest absolute Gasteiger partial charge is 0.450 e. The van der Waals surface area contributed by atoms with Crippen molar-refractivity contribution in [2.24, 2.45) is 0 Å². The van der Waals surface area contributed by atoms with Crippen LogP contribution in [0.15, 0.2) is 117 Å². The van der Waals surface area contributed by atoms with Gasteiger partial charge in [0.15, 0.2) is 15.3 Å². The number of rotatable bonds is 6. The third-order valence-electron chi connectivity index (χ3n) is 8.29. The second-order valence-corrected chi connectivity index (χ2v) is 13.2. The lowest BCUT2D eigenvalue weighted by molar-refractivity contribution is -0.121. The molecule has 8 nitrogen and oxygen atoms in total. The fraction of sp³-hybridized carbons (Fsp3) is 0.114. The summed E-state index contributed by atoms with van der Waals surface area (Å²) >= 11 is 2.70. The van der Waals surface area contributed by atoms with Crippen LogP contribution in [0, 0.1) is 6.92 Å². The molecule has 1 atom stereocenters. The Morgan fingerprint density at radius 3 is 2.38 bits per heavy atom. The van der Waals surface area contributed by atoms with Crippen molar-refractivity contribution in [1.82, 2.24) is 10.2 Å². The summed E-state index contributed by atoms with van der Waals surface area (Å²) < 4.78 is 6.80. The predicted octanol–water partition coefficient (Wildman–Crippen LogP) is 6.70. The number of nitrogens with zero attached hydrogens (tertiary/aromatic N) is 4. The minimum Gasteiger partial charge on any atom is -0.450 e. The van der Waals surface area contributed by atoms with E-state index in [2.05, 4.69) is 10.2 Å². The zero-order valence-corrected chi connectivity index (χ0v) is 25.6. The van der Waals surface area contributed by atoms with E-state index in [9.17, 15) is 9.59 Å². The summed E-state index contributed by atoms with van der Waals surface area (Å²) in [7, 11) is 0. The van der Waals surface area contributed by atoms with Crippen LogP contribution in [-0.4, -0.2) is 22.0 Å². The standard InChI is InChI=1S/C35H24N4O4S2/c1-21-15-17-22(18-16-21)19-38-26-13-7-6-12-25(26)35(32(38)42)28-29(40)24-11-5-8-14-27(24)43-30(28)31(41)39(35)33-36-37-34(45-33)44-20-23-9-3-2-4-10-23/h2-18H,19-20H2,1H3. The summed E-state index contributed by atoms with van der Waals surface area (Å²) in [5.74, 6) is -0.531. The minimum atomic E-state index is -1.82. The van der Waals surface area contributed by atoms with E-state index in [0.717, 1.165) is 16.7 Å². The van der Waals surface area contributed by atoms with Crippen molar-refractivity contribution in [3.63, 3.8) is 0 Å². The van der Waals surface area contributed by atoms with Crippen molar-refractivity contribution < 1.29 is 14.0 Å². The molecule has 0 fully saturated rings.